The molecule has 0 amide bonds. The minimum Gasteiger partial charge on any atom is -0.365 e. The number of nitro groups is 3. The molecule has 0 atom stereocenters. The monoisotopic (exact) mass is 327 g/mol. The number of benzene rings is 1. The largest absolute Gasteiger partial charge is 0.365 e. The molecular weight excluding hydrogens is 322 g/mol. The predicted octanol–water partition coefficient (Wildman–Crippen LogP) is -0.483. The van der Waals surface area contributed by atoms with Crippen LogP contribution in [0.2, 0.25) is 0 Å². The second kappa shape index (κ2) is 5.71. The van der Waals surface area contributed by atoms with Crippen LogP contribution in [0.25, 0.3) is 0 Å². The maximum Gasteiger partial charge on any atom is 0.328 e. The zero-order chi connectivity index (χ0) is 17.1. The summed E-state index contributed by atoms with van der Waals surface area (Å²) in [5, 5.41) is 42.3. The second-order valence-electron chi connectivity index (χ2n) is 3.73. The maximum atomic E-state index is 11.0. The molecule has 0 bridgehead atoms. The Morgan fingerprint density at radius 2 is 1.65 bits per heavy atom. The van der Waals surface area contributed by atoms with Gasteiger partial charge in [-0.3, -0.25) is 30.3 Å². The number of hydrogen-bond acceptors (Lipinski definition) is 12. The van der Waals surface area contributed by atoms with Gasteiger partial charge in [0.1, 0.15) is 0 Å². The van der Waals surface area contributed by atoms with Crippen molar-refractivity contribution < 1.29 is 19.6 Å². The Labute approximate surface area is 123 Å². The number of rotatable bonds is 6. The number of hydrogen-bond donors (Lipinski definition) is 2. The maximum absolute atomic E-state index is 11.0. The molecule has 0 fully saturated rings. The van der Waals surface area contributed by atoms with Gasteiger partial charge < -0.3 is 10.6 Å². The molecule has 0 aliphatic rings. The molecule has 0 spiro atoms. The highest BCUT2D eigenvalue weighted by Crippen LogP contribution is 2.40. The van der Waals surface area contributed by atoms with Crippen LogP contribution in [0.1, 0.15) is 0 Å². The average Bonchev–Trinajstić information content (AvgIpc) is 2.89. The van der Waals surface area contributed by atoms with E-state index in [1.165, 1.54) is 0 Å². The molecule has 120 valence electrons. The van der Waals surface area contributed by atoms with Crippen LogP contribution in [0.5, 0.6) is 5.75 Å². The van der Waals surface area contributed by atoms with Crippen molar-refractivity contribution in [3.8, 4) is 5.75 Å². The van der Waals surface area contributed by atoms with Crippen LogP contribution in [0, 0.1) is 30.3 Å². The Kier molecular flexibility index (Phi) is 3.80. The molecule has 0 radical (unpaired) electrons. The number of aromatic nitrogens is 4. The summed E-state index contributed by atoms with van der Waals surface area (Å²) < 4.78 is 0. The first kappa shape index (κ1) is 15.3. The Morgan fingerprint density at radius 3 is 2.04 bits per heavy atom. The smallest absolute Gasteiger partial charge is 0.328 e. The van der Waals surface area contributed by atoms with Crippen LogP contribution < -0.4 is 16.2 Å². The molecule has 1 aromatic heterocycles. The van der Waals surface area contributed by atoms with E-state index >= 15 is 0 Å². The fourth-order valence-electron chi connectivity index (χ4n) is 1.41. The normalized spacial score (nSPS) is 10.1. The summed E-state index contributed by atoms with van der Waals surface area (Å²) in [6, 6.07) is 1.01. The lowest BCUT2D eigenvalue weighted by Crippen LogP contribution is -2.23. The van der Waals surface area contributed by atoms with Crippen LogP contribution in [0.3, 0.4) is 0 Å². The van der Waals surface area contributed by atoms with E-state index in [2.05, 4.69) is 15.5 Å². The fourth-order valence-corrected chi connectivity index (χ4v) is 1.41. The summed E-state index contributed by atoms with van der Waals surface area (Å²) in [5.41, 5.74) is 4.35. The highest BCUT2D eigenvalue weighted by Gasteiger charge is 2.33. The lowest BCUT2D eigenvalue weighted by molar-refractivity contribution is -0.404. The number of nitrogens with one attached hydrogen (secondary N) is 1. The topological polar surface area (TPSA) is 220 Å². The molecule has 16 heteroatoms. The fraction of sp³-hybridized carbons (Fsp3) is 0. The van der Waals surface area contributed by atoms with Gasteiger partial charge in [0.05, 0.1) is 26.9 Å². The first-order valence-electron chi connectivity index (χ1n) is 5.39. The van der Waals surface area contributed by atoms with Crippen LogP contribution in [0.4, 0.5) is 23.0 Å². The Bertz CT molecular complexity index is 766. The molecular formula is C7H5N9O7. The first-order valence-corrected chi connectivity index (χ1v) is 5.39. The molecule has 16 nitrogen and oxygen atoms in total. The number of non-ortho nitro benzene ring substituents is 1. The average molecular weight is 327 g/mol. The highest BCUT2D eigenvalue weighted by atomic mass is 16.7. The number of nitro benzene ring substituents is 3. The van der Waals surface area contributed by atoms with Crippen molar-refractivity contribution in [2.75, 3.05) is 11.3 Å². The molecule has 3 N–H and O–H groups in total. The van der Waals surface area contributed by atoms with Crippen molar-refractivity contribution in [1.82, 2.24) is 20.3 Å². The summed E-state index contributed by atoms with van der Waals surface area (Å²) in [4.78, 5) is 34.8. The van der Waals surface area contributed by atoms with Crippen molar-refractivity contribution in [3.05, 3.63) is 42.5 Å². The zero-order valence-electron chi connectivity index (χ0n) is 10.7. The minimum absolute atomic E-state index is 0.308. The molecule has 0 unspecified atom stereocenters. The number of nitrogen functional groups attached to an aromatic ring is 1. The van der Waals surface area contributed by atoms with Gasteiger partial charge in [0.15, 0.2) is 0 Å². The summed E-state index contributed by atoms with van der Waals surface area (Å²) in [7, 11) is 0. The highest BCUT2D eigenvalue weighted by molar-refractivity contribution is 5.65. The van der Waals surface area contributed by atoms with Crippen LogP contribution >= 0.6 is 0 Å². The summed E-state index contributed by atoms with van der Waals surface area (Å²) in [5.74, 6) is -1.20. The molecule has 0 aliphatic heterocycles. The van der Waals surface area contributed by atoms with Gasteiger partial charge in [-0.15, -0.1) is 5.59 Å². The molecule has 23 heavy (non-hydrogen) atoms. The van der Waals surface area contributed by atoms with E-state index in [1.54, 1.807) is 0 Å². The Hall–Kier alpha value is -4.11. The van der Waals surface area contributed by atoms with Crippen LogP contribution in [0.15, 0.2) is 12.1 Å². The number of nitrogens with zero attached hydrogens (tertiary/aromatic N) is 7. The van der Waals surface area contributed by atoms with Gasteiger partial charge in [0, 0.05) is 0 Å². The van der Waals surface area contributed by atoms with E-state index in [1.807, 2.05) is 5.59 Å². The number of nitrogens with two attached hydrogens (primary N) is 1. The van der Waals surface area contributed by atoms with Crippen molar-refractivity contribution in [2.45, 2.75) is 0 Å². The summed E-state index contributed by atoms with van der Waals surface area (Å²) in [6.45, 7) is 0. The van der Waals surface area contributed by atoms with Crippen molar-refractivity contribution in [3.63, 3.8) is 0 Å². The van der Waals surface area contributed by atoms with Gasteiger partial charge in [0.25, 0.3) is 11.6 Å². The lowest BCUT2D eigenvalue weighted by Gasteiger charge is -2.08. The molecule has 1 aromatic carbocycles. The number of tetrazole rings is 1. The van der Waals surface area contributed by atoms with Gasteiger partial charge in [-0.1, -0.05) is 9.89 Å². The molecule has 2 rings (SSSR count). The summed E-state index contributed by atoms with van der Waals surface area (Å²) in [6.07, 6.45) is 0. The van der Waals surface area contributed by atoms with Crippen molar-refractivity contribution in [2.24, 2.45) is 0 Å². The molecule has 0 saturated carbocycles. The standard InChI is InChI=1S/C7H5N9O7/c8-7-9-10-11-13(7)12-23-6-4(15(19)20)1-3(14(17)18)2-5(6)16(21)22/h1-2,12H,(H2,8,9,11). The molecule has 1 heterocycles. The third-order valence-corrected chi connectivity index (χ3v) is 2.37. The summed E-state index contributed by atoms with van der Waals surface area (Å²) >= 11 is 0. The SMILES string of the molecule is Nc1nnnn1NOc1c([N+](=O)[O-])cc([N+](=O)[O-])cc1[N+](=O)[O-]. The molecule has 0 aliphatic carbocycles. The third-order valence-electron chi connectivity index (χ3n) is 2.37. The Balaban J connectivity index is 2.50. The van der Waals surface area contributed by atoms with E-state index in [0.29, 0.717) is 16.9 Å². The number of anilines is 1. The van der Waals surface area contributed by atoms with E-state index in [9.17, 15) is 30.3 Å². The zero-order valence-corrected chi connectivity index (χ0v) is 10.7. The Morgan fingerprint density at radius 1 is 1.09 bits per heavy atom. The van der Waals surface area contributed by atoms with E-state index in [4.69, 9.17) is 10.6 Å². The predicted molar refractivity (Wildman–Crippen MR) is 68.6 cm³/mol. The minimum atomic E-state index is -1.08. The first-order chi connectivity index (χ1) is 10.8. The van der Waals surface area contributed by atoms with Gasteiger partial charge in [-0.2, -0.15) is 0 Å². The van der Waals surface area contributed by atoms with Crippen molar-refractivity contribution >= 4 is 23.0 Å². The van der Waals surface area contributed by atoms with E-state index in [-0.39, 0.29) is 5.95 Å². The van der Waals surface area contributed by atoms with Crippen LogP contribution in [-0.2, 0) is 0 Å². The lowest BCUT2D eigenvalue weighted by atomic mass is 10.2. The van der Waals surface area contributed by atoms with Gasteiger partial charge in [0.2, 0.25) is 0 Å². The van der Waals surface area contributed by atoms with E-state index in [0.717, 1.165) is 0 Å². The van der Waals surface area contributed by atoms with Gasteiger partial charge in [-0.05, 0) is 10.4 Å². The van der Waals surface area contributed by atoms with Crippen molar-refractivity contribution in [1.29, 1.82) is 0 Å². The molecule has 2 aromatic rings. The van der Waals surface area contributed by atoms with Gasteiger partial charge >= 0.3 is 17.1 Å². The van der Waals surface area contributed by atoms with Crippen LogP contribution in [-0.4, -0.2) is 35.1 Å². The quantitative estimate of drug-likeness (QED) is 0.507. The third kappa shape index (κ3) is 2.99. The van der Waals surface area contributed by atoms with E-state index < -0.39 is 37.6 Å². The van der Waals surface area contributed by atoms with Gasteiger partial charge in [-0.25, -0.2) is 0 Å². The molecule has 0 saturated heterocycles. The second-order valence-corrected chi connectivity index (χ2v) is 3.73.